The van der Waals surface area contributed by atoms with Gasteiger partial charge in [0, 0.05) is 24.4 Å². The number of rotatable bonds is 0. The Bertz CT molecular complexity index is 799. The number of aryl methyl sites for hydroxylation is 1. The summed E-state index contributed by atoms with van der Waals surface area (Å²) in [4.78, 5) is 0. The Balaban J connectivity index is 0.000000188. The van der Waals surface area contributed by atoms with Crippen LogP contribution in [0.15, 0.2) is 85.2 Å². The van der Waals surface area contributed by atoms with E-state index >= 15 is 0 Å². The Morgan fingerprint density at radius 1 is 0.739 bits per heavy atom. The van der Waals surface area contributed by atoms with Crippen LogP contribution in [0.4, 0.5) is 0 Å². The van der Waals surface area contributed by atoms with Crippen LogP contribution in [0.5, 0.6) is 0 Å². The minimum atomic E-state index is 0.950. The van der Waals surface area contributed by atoms with Gasteiger partial charge in [-0.3, -0.25) is 0 Å². The first-order valence-electron chi connectivity index (χ1n) is 7.86. The third-order valence-corrected chi connectivity index (χ3v) is 3.70. The van der Waals surface area contributed by atoms with Crippen LogP contribution in [0.2, 0.25) is 0 Å². The molecule has 0 fully saturated rings. The fraction of sp³-hybridized carbons (Fsp3) is 0.0909. The predicted octanol–water partition coefficient (Wildman–Crippen LogP) is 4.82. The highest BCUT2D eigenvalue weighted by molar-refractivity contribution is 5.74. The van der Waals surface area contributed by atoms with Crippen molar-refractivity contribution in [3.8, 4) is 23.0 Å². The van der Waals surface area contributed by atoms with E-state index in [2.05, 4.69) is 65.7 Å². The zero-order valence-electron chi connectivity index (χ0n) is 13.0. The number of allylic oxidation sites excluding steroid dienone is 4. The molecule has 0 radical (unpaired) electrons. The second kappa shape index (κ2) is 7.87. The second-order valence-electron chi connectivity index (χ2n) is 5.27. The highest BCUT2D eigenvalue weighted by Crippen LogP contribution is 2.28. The molecule has 1 aliphatic carbocycles. The molecule has 0 bridgehead atoms. The van der Waals surface area contributed by atoms with Crippen LogP contribution < -0.4 is 5.32 Å². The predicted molar refractivity (Wildman–Crippen MR) is 97.6 cm³/mol. The van der Waals surface area contributed by atoms with Crippen LogP contribution in [-0.2, 0) is 6.42 Å². The molecule has 0 unspecified atom stereocenters. The van der Waals surface area contributed by atoms with Crippen molar-refractivity contribution in [2.45, 2.75) is 12.8 Å². The molecule has 1 aliphatic heterocycles. The van der Waals surface area contributed by atoms with E-state index in [-0.39, 0.29) is 0 Å². The Morgan fingerprint density at radius 3 is 2.26 bits per heavy atom. The first-order valence-corrected chi connectivity index (χ1v) is 7.86. The van der Waals surface area contributed by atoms with Crippen molar-refractivity contribution in [3.63, 3.8) is 0 Å². The molecule has 2 aromatic rings. The molecule has 1 heterocycles. The van der Waals surface area contributed by atoms with Gasteiger partial charge >= 0.3 is 0 Å². The molecule has 112 valence electrons. The summed E-state index contributed by atoms with van der Waals surface area (Å²) in [5.74, 6) is 6.49. The van der Waals surface area contributed by atoms with Crippen LogP contribution in [0.25, 0.3) is 11.1 Å². The van der Waals surface area contributed by atoms with E-state index < -0.39 is 0 Å². The molecule has 0 spiro atoms. The van der Waals surface area contributed by atoms with Gasteiger partial charge in [-0.05, 0) is 41.3 Å². The molecule has 1 heteroatoms. The molecule has 23 heavy (non-hydrogen) atoms. The van der Waals surface area contributed by atoms with E-state index in [1.54, 1.807) is 0 Å². The molecule has 0 amide bonds. The number of hydrogen-bond donors (Lipinski definition) is 1. The third-order valence-electron chi connectivity index (χ3n) is 3.70. The Kier molecular flexibility index (Phi) is 5.11. The molecule has 2 aliphatic rings. The van der Waals surface area contributed by atoms with Crippen LogP contribution in [0, 0.1) is 11.8 Å². The summed E-state index contributed by atoms with van der Waals surface area (Å²) in [5.41, 5.74) is 5.16. The lowest BCUT2D eigenvalue weighted by Gasteiger charge is -2.12. The maximum absolute atomic E-state index is 3.26. The summed E-state index contributed by atoms with van der Waals surface area (Å²) >= 11 is 0. The van der Waals surface area contributed by atoms with Gasteiger partial charge in [-0.25, -0.2) is 0 Å². The van der Waals surface area contributed by atoms with Gasteiger partial charge in [0.05, 0.1) is 0 Å². The topological polar surface area (TPSA) is 12.0 Å². The maximum Gasteiger partial charge on any atom is 0.0323 e. The molecule has 2 aromatic carbocycles. The summed E-state index contributed by atoms with van der Waals surface area (Å²) in [6, 6.07) is 17.0. The fourth-order valence-electron chi connectivity index (χ4n) is 2.59. The lowest BCUT2D eigenvalue weighted by molar-refractivity contribution is 1.03. The number of hydrogen-bond acceptors (Lipinski definition) is 1. The Hall–Kier alpha value is -2.98. The zero-order valence-corrected chi connectivity index (χ0v) is 13.0. The van der Waals surface area contributed by atoms with Gasteiger partial charge in [0.15, 0.2) is 0 Å². The number of fused-ring (bicyclic) bond motifs is 3. The van der Waals surface area contributed by atoms with Crippen molar-refractivity contribution in [2.24, 2.45) is 0 Å². The molecule has 1 N–H and O–H groups in total. The smallest absolute Gasteiger partial charge is 0.0323 e. The van der Waals surface area contributed by atoms with Crippen LogP contribution in [0.3, 0.4) is 0 Å². The molecule has 0 aromatic heterocycles. The van der Waals surface area contributed by atoms with Gasteiger partial charge in [-0.15, -0.1) is 0 Å². The fourth-order valence-corrected chi connectivity index (χ4v) is 2.59. The van der Waals surface area contributed by atoms with Crippen molar-refractivity contribution in [1.82, 2.24) is 5.32 Å². The Labute approximate surface area is 138 Å². The van der Waals surface area contributed by atoms with Crippen molar-refractivity contribution in [2.75, 3.05) is 0 Å². The lowest BCUT2D eigenvalue weighted by atomic mass is 9.92. The van der Waals surface area contributed by atoms with Gasteiger partial charge in [-0.1, -0.05) is 66.5 Å². The van der Waals surface area contributed by atoms with Crippen LogP contribution in [-0.4, -0.2) is 0 Å². The van der Waals surface area contributed by atoms with Crippen molar-refractivity contribution in [1.29, 1.82) is 0 Å². The SMILES string of the molecule is C1#Cc2ccccc2-c2ccccc2CC1.C1=CC=CNC=C1. The molecular weight excluding hydrogens is 278 g/mol. The van der Waals surface area contributed by atoms with Gasteiger partial charge in [0.1, 0.15) is 0 Å². The van der Waals surface area contributed by atoms with Crippen molar-refractivity contribution < 1.29 is 0 Å². The summed E-state index contributed by atoms with van der Waals surface area (Å²) in [6.07, 6.45) is 13.6. The van der Waals surface area contributed by atoms with Crippen LogP contribution >= 0.6 is 0 Å². The first-order chi connectivity index (χ1) is 11.4. The van der Waals surface area contributed by atoms with E-state index in [0.717, 1.165) is 18.4 Å². The summed E-state index contributed by atoms with van der Waals surface area (Å²) in [6.45, 7) is 0. The minimum Gasteiger partial charge on any atom is -0.368 e. The standard InChI is InChI=1S/C16H12.C6H7N/c1-2-8-14-10-4-6-12-16(14)15-11-5-3-9-13(15)7-1;1-2-4-6-7-5-3-1/h3-6,9-12H,1,7H2;1-7H. The van der Waals surface area contributed by atoms with Crippen LogP contribution in [0.1, 0.15) is 17.5 Å². The van der Waals surface area contributed by atoms with Gasteiger partial charge in [0.2, 0.25) is 0 Å². The van der Waals surface area contributed by atoms with E-state index in [9.17, 15) is 0 Å². The summed E-state index contributed by atoms with van der Waals surface area (Å²) < 4.78 is 0. The highest BCUT2D eigenvalue weighted by Gasteiger charge is 2.08. The molecule has 0 saturated heterocycles. The second-order valence-corrected chi connectivity index (χ2v) is 5.27. The molecule has 4 rings (SSSR count). The van der Waals surface area contributed by atoms with Gasteiger partial charge in [0.25, 0.3) is 0 Å². The normalized spacial score (nSPS) is 13.6. The largest absolute Gasteiger partial charge is 0.368 e. The Morgan fingerprint density at radius 2 is 1.43 bits per heavy atom. The van der Waals surface area contributed by atoms with Crippen molar-refractivity contribution >= 4 is 0 Å². The average Bonchev–Trinajstić information content (AvgIpc) is 2.91. The minimum absolute atomic E-state index is 0.950. The van der Waals surface area contributed by atoms with Crippen molar-refractivity contribution in [3.05, 3.63) is 96.4 Å². The van der Waals surface area contributed by atoms with E-state index in [0.29, 0.717) is 0 Å². The molecular formula is C22H19N. The van der Waals surface area contributed by atoms with E-state index in [1.807, 2.05) is 36.7 Å². The summed E-state index contributed by atoms with van der Waals surface area (Å²) in [5, 5.41) is 2.92. The van der Waals surface area contributed by atoms with E-state index in [1.165, 1.54) is 16.7 Å². The highest BCUT2D eigenvalue weighted by atomic mass is 14.8. The quantitative estimate of drug-likeness (QED) is 0.687. The molecule has 0 atom stereocenters. The number of benzene rings is 2. The summed E-state index contributed by atoms with van der Waals surface area (Å²) in [7, 11) is 0. The van der Waals surface area contributed by atoms with E-state index in [4.69, 9.17) is 0 Å². The van der Waals surface area contributed by atoms with Gasteiger partial charge in [-0.2, -0.15) is 0 Å². The number of nitrogens with one attached hydrogen (secondary N) is 1. The third kappa shape index (κ3) is 4.02. The first kappa shape index (κ1) is 14.9. The van der Waals surface area contributed by atoms with Gasteiger partial charge < -0.3 is 5.32 Å². The maximum atomic E-state index is 3.26. The zero-order chi connectivity index (χ0) is 15.7. The molecule has 0 saturated carbocycles. The molecule has 1 nitrogen and oxygen atoms in total. The average molecular weight is 297 g/mol. The lowest BCUT2D eigenvalue weighted by Crippen LogP contribution is -1.94. The monoisotopic (exact) mass is 297 g/mol.